The van der Waals surface area contributed by atoms with Crippen molar-refractivity contribution in [2.75, 3.05) is 17.2 Å². The first-order valence-corrected chi connectivity index (χ1v) is 5.77. The second kappa shape index (κ2) is 3.98. The number of hydrogen-bond donors (Lipinski definition) is 1. The molecule has 0 spiro atoms. The molecular formula is C14H12F2N2. The Balaban J connectivity index is 2.11. The smallest absolute Gasteiger partial charge is 0.148 e. The van der Waals surface area contributed by atoms with Crippen molar-refractivity contribution in [1.82, 2.24) is 0 Å². The SMILES string of the molecule is Nc1c(F)cccc1N1CCc2ccc(F)cc21. The van der Waals surface area contributed by atoms with Crippen LogP contribution in [0.25, 0.3) is 0 Å². The summed E-state index contributed by atoms with van der Waals surface area (Å²) in [4.78, 5) is 1.86. The first-order chi connectivity index (χ1) is 8.66. The molecule has 92 valence electrons. The van der Waals surface area contributed by atoms with Gasteiger partial charge >= 0.3 is 0 Å². The van der Waals surface area contributed by atoms with Crippen molar-refractivity contribution in [3.05, 3.63) is 53.6 Å². The van der Waals surface area contributed by atoms with E-state index in [1.165, 1.54) is 18.2 Å². The van der Waals surface area contributed by atoms with E-state index in [-0.39, 0.29) is 11.5 Å². The normalized spacial score (nSPS) is 13.8. The number of anilines is 3. The predicted molar refractivity (Wildman–Crippen MR) is 67.9 cm³/mol. The number of nitrogens with zero attached hydrogens (tertiary/aromatic N) is 1. The van der Waals surface area contributed by atoms with Crippen molar-refractivity contribution >= 4 is 17.1 Å². The van der Waals surface area contributed by atoms with Crippen LogP contribution in [0.15, 0.2) is 36.4 Å². The van der Waals surface area contributed by atoms with Gasteiger partial charge in [-0.1, -0.05) is 12.1 Å². The van der Waals surface area contributed by atoms with Crippen LogP contribution in [0, 0.1) is 11.6 Å². The summed E-state index contributed by atoms with van der Waals surface area (Å²) in [6.07, 6.45) is 0.811. The molecule has 0 aliphatic carbocycles. The molecule has 0 saturated heterocycles. The van der Waals surface area contributed by atoms with Gasteiger partial charge in [0.05, 0.1) is 11.4 Å². The topological polar surface area (TPSA) is 29.3 Å². The van der Waals surface area contributed by atoms with E-state index in [0.29, 0.717) is 12.2 Å². The van der Waals surface area contributed by atoms with E-state index in [4.69, 9.17) is 5.73 Å². The van der Waals surface area contributed by atoms with Gasteiger partial charge in [0.2, 0.25) is 0 Å². The number of nitrogens with two attached hydrogens (primary N) is 1. The van der Waals surface area contributed by atoms with E-state index in [1.807, 2.05) is 4.90 Å². The molecule has 0 unspecified atom stereocenters. The molecule has 0 amide bonds. The van der Waals surface area contributed by atoms with Crippen LogP contribution in [0.4, 0.5) is 25.8 Å². The van der Waals surface area contributed by atoms with Gasteiger partial charge in [0, 0.05) is 12.2 Å². The van der Waals surface area contributed by atoms with Crippen LogP contribution in [-0.4, -0.2) is 6.54 Å². The number of halogens is 2. The third kappa shape index (κ3) is 1.61. The van der Waals surface area contributed by atoms with Crippen molar-refractivity contribution in [1.29, 1.82) is 0 Å². The molecule has 2 aromatic rings. The summed E-state index contributed by atoms with van der Waals surface area (Å²) < 4.78 is 26.8. The molecule has 1 aliphatic rings. The third-order valence-corrected chi connectivity index (χ3v) is 3.26. The number of para-hydroxylation sites is 1. The lowest BCUT2D eigenvalue weighted by Crippen LogP contribution is -2.15. The Morgan fingerprint density at radius 3 is 2.72 bits per heavy atom. The zero-order valence-electron chi connectivity index (χ0n) is 9.66. The highest BCUT2D eigenvalue weighted by atomic mass is 19.1. The zero-order chi connectivity index (χ0) is 12.7. The fourth-order valence-corrected chi connectivity index (χ4v) is 2.36. The summed E-state index contributed by atoms with van der Waals surface area (Å²) >= 11 is 0. The molecule has 0 saturated carbocycles. The molecule has 4 heteroatoms. The highest BCUT2D eigenvalue weighted by Crippen LogP contribution is 2.38. The summed E-state index contributed by atoms with van der Waals surface area (Å²) in [5, 5.41) is 0. The molecule has 0 fully saturated rings. The molecule has 0 atom stereocenters. The van der Waals surface area contributed by atoms with Gasteiger partial charge in [-0.2, -0.15) is 0 Å². The van der Waals surface area contributed by atoms with Crippen molar-refractivity contribution in [3.63, 3.8) is 0 Å². The molecule has 0 bridgehead atoms. The number of nitrogen functional groups attached to an aromatic ring is 1. The van der Waals surface area contributed by atoms with Gasteiger partial charge < -0.3 is 10.6 Å². The minimum atomic E-state index is -0.447. The Hall–Kier alpha value is -2.10. The number of hydrogen-bond acceptors (Lipinski definition) is 2. The highest BCUT2D eigenvalue weighted by Gasteiger charge is 2.23. The maximum Gasteiger partial charge on any atom is 0.148 e. The number of rotatable bonds is 1. The second-order valence-corrected chi connectivity index (χ2v) is 4.35. The monoisotopic (exact) mass is 246 g/mol. The van der Waals surface area contributed by atoms with Gasteiger partial charge in [0.1, 0.15) is 11.6 Å². The first-order valence-electron chi connectivity index (χ1n) is 5.77. The van der Waals surface area contributed by atoms with E-state index < -0.39 is 5.82 Å². The molecule has 18 heavy (non-hydrogen) atoms. The van der Waals surface area contributed by atoms with Crippen molar-refractivity contribution < 1.29 is 8.78 Å². The van der Waals surface area contributed by atoms with Gasteiger partial charge in [-0.25, -0.2) is 8.78 Å². The van der Waals surface area contributed by atoms with E-state index in [2.05, 4.69) is 0 Å². The molecule has 2 nitrogen and oxygen atoms in total. The molecule has 0 aromatic heterocycles. The van der Waals surface area contributed by atoms with E-state index in [1.54, 1.807) is 18.2 Å². The van der Waals surface area contributed by atoms with E-state index >= 15 is 0 Å². The molecular weight excluding hydrogens is 234 g/mol. The Morgan fingerprint density at radius 1 is 1.06 bits per heavy atom. The van der Waals surface area contributed by atoms with Crippen LogP contribution in [0.2, 0.25) is 0 Å². The van der Waals surface area contributed by atoms with Crippen molar-refractivity contribution in [2.45, 2.75) is 6.42 Å². The van der Waals surface area contributed by atoms with E-state index in [9.17, 15) is 8.78 Å². The van der Waals surface area contributed by atoms with Crippen LogP contribution in [0.5, 0.6) is 0 Å². The van der Waals surface area contributed by atoms with Gasteiger partial charge in [0.25, 0.3) is 0 Å². The average molecular weight is 246 g/mol. The van der Waals surface area contributed by atoms with Crippen LogP contribution in [0.1, 0.15) is 5.56 Å². The van der Waals surface area contributed by atoms with Crippen LogP contribution in [-0.2, 0) is 6.42 Å². The zero-order valence-corrected chi connectivity index (χ0v) is 9.66. The summed E-state index contributed by atoms with van der Waals surface area (Å²) in [6, 6.07) is 9.35. The van der Waals surface area contributed by atoms with Crippen LogP contribution >= 0.6 is 0 Å². The Morgan fingerprint density at radius 2 is 1.89 bits per heavy atom. The minimum absolute atomic E-state index is 0.106. The fraction of sp³-hybridized carbons (Fsp3) is 0.143. The van der Waals surface area contributed by atoms with Gasteiger partial charge in [-0.15, -0.1) is 0 Å². The Bertz CT molecular complexity index is 611. The standard InChI is InChI=1S/C14H12F2N2/c15-10-5-4-9-6-7-18(13(9)8-10)12-3-1-2-11(16)14(12)17/h1-5,8H,6-7,17H2. The van der Waals surface area contributed by atoms with Gasteiger partial charge in [-0.3, -0.25) is 0 Å². The maximum atomic E-state index is 13.5. The Kier molecular flexibility index (Phi) is 2.44. The molecule has 2 aromatic carbocycles. The lowest BCUT2D eigenvalue weighted by molar-refractivity contribution is 0.628. The lowest BCUT2D eigenvalue weighted by atomic mass is 10.1. The predicted octanol–water partition coefficient (Wildman–Crippen LogP) is 3.24. The number of fused-ring (bicyclic) bond motifs is 1. The summed E-state index contributed by atoms with van der Waals surface area (Å²) in [7, 11) is 0. The minimum Gasteiger partial charge on any atom is -0.395 e. The molecule has 3 rings (SSSR count). The first kappa shape index (κ1) is 11.0. The summed E-state index contributed by atoms with van der Waals surface area (Å²) in [6.45, 7) is 0.687. The molecule has 1 heterocycles. The molecule has 0 radical (unpaired) electrons. The van der Waals surface area contributed by atoms with Gasteiger partial charge in [0.15, 0.2) is 0 Å². The second-order valence-electron chi connectivity index (χ2n) is 4.35. The molecule has 2 N–H and O–H groups in total. The van der Waals surface area contributed by atoms with Crippen molar-refractivity contribution in [2.24, 2.45) is 0 Å². The van der Waals surface area contributed by atoms with Crippen molar-refractivity contribution in [3.8, 4) is 0 Å². The molecule has 1 aliphatic heterocycles. The fourth-order valence-electron chi connectivity index (χ4n) is 2.36. The van der Waals surface area contributed by atoms with E-state index in [0.717, 1.165) is 17.7 Å². The lowest BCUT2D eigenvalue weighted by Gasteiger charge is -2.21. The third-order valence-electron chi connectivity index (χ3n) is 3.26. The van der Waals surface area contributed by atoms with Crippen LogP contribution in [0.3, 0.4) is 0 Å². The number of benzene rings is 2. The summed E-state index contributed by atoms with van der Waals surface area (Å²) in [5.74, 6) is -0.743. The summed E-state index contributed by atoms with van der Waals surface area (Å²) in [5.41, 5.74) is 8.28. The quantitative estimate of drug-likeness (QED) is 0.783. The average Bonchev–Trinajstić information content (AvgIpc) is 2.75. The van der Waals surface area contributed by atoms with Crippen LogP contribution < -0.4 is 10.6 Å². The highest BCUT2D eigenvalue weighted by molar-refractivity contribution is 5.78. The largest absolute Gasteiger partial charge is 0.395 e. The van der Waals surface area contributed by atoms with Gasteiger partial charge in [-0.05, 0) is 36.2 Å². The Labute approximate surface area is 104 Å². The maximum absolute atomic E-state index is 13.5.